The third kappa shape index (κ3) is 6.38. The lowest BCUT2D eigenvalue weighted by Gasteiger charge is -2.41. The zero-order chi connectivity index (χ0) is 23.0. The van der Waals surface area contributed by atoms with Crippen molar-refractivity contribution in [2.75, 3.05) is 11.9 Å². The summed E-state index contributed by atoms with van der Waals surface area (Å²) in [6.45, 7) is 2.16. The molecular weight excluding hydrogens is 415 g/mol. The number of anilines is 1. The van der Waals surface area contributed by atoms with E-state index >= 15 is 0 Å². The van der Waals surface area contributed by atoms with Gasteiger partial charge in [-0.15, -0.1) is 0 Å². The van der Waals surface area contributed by atoms with Crippen LogP contribution in [0.2, 0.25) is 0 Å². The molecule has 9 heteroatoms. The number of amides is 2. The summed E-state index contributed by atoms with van der Waals surface area (Å²) >= 11 is 0. The number of unbranched alkanes of at least 4 members (excludes halogenated alkanes) is 1. The fraction of sp³-hybridized carbons (Fsp3) is 0.478. The summed E-state index contributed by atoms with van der Waals surface area (Å²) in [5.41, 5.74) is 0.803. The number of aromatic amines is 1. The molecule has 1 fully saturated rings. The number of ketones is 1. The Hall–Kier alpha value is -3.23. The highest BCUT2D eigenvalue weighted by Crippen LogP contribution is 2.44. The molecule has 3 rings (SSSR count). The lowest BCUT2D eigenvalue weighted by Crippen LogP contribution is -2.47. The summed E-state index contributed by atoms with van der Waals surface area (Å²) in [5, 5.41) is 11.3. The molecule has 0 spiro atoms. The number of nitrogens with one attached hydrogen (secondary N) is 3. The van der Waals surface area contributed by atoms with E-state index < -0.39 is 23.8 Å². The van der Waals surface area contributed by atoms with E-state index in [0.29, 0.717) is 25.1 Å². The number of aromatic nitrogens is 2. The van der Waals surface area contributed by atoms with Gasteiger partial charge in [-0.2, -0.15) is 5.10 Å². The van der Waals surface area contributed by atoms with Gasteiger partial charge in [-0.25, -0.2) is 9.18 Å². The maximum atomic E-state index is 13.2. The van der Waals surface area contributed by atoms with Crippen LogP contribution in [0, 0.1) is 11.2 Å². The highest BCUT2D eigenvalue weighted by atomic mass is 19.1. The van der Waals surface area contributed by atoms with Crippen LogP contribution in [0.5, 0.6) is 0 Å². The number of hydrogen-bond donors (Lipinski definition) is 3. The molecule has 1 aliphatic carbocycles. The number of hydrogen-bond acceptors (Lipinski definition) is 5. The summed E-state index contributed by atoms with van der Waals surface area (Å²) in [6, 6.07) is 6.88. The highest BCUT2D eigenvalue weighted by molar-refractivity contribution is 6.42. The van der Waals surface area contributed by atoms with Crippen LogP contribution in [-0.4, -0.2) is 40.6 Å². The molecular formula is C23H29FN4O4. The Kier molecular flexibility index (Phi) is 7.97. The first-order chi connectivity index (χ1) is 15.4. The molecule has 0 aliphatic heterocycles. The van der Waals surface area contributed by atoms with Crippen molar-refractivity contribution in [1.29, 1.82) is 0 Å². The lowest BCUT2D eigenvalue weighted by molar-refractivity contribution is -0.136. The van der Waals surface area contributed by atoms with E-state index in [1.807, 2.05) is 6.92 Å². The van der Waals surface area contributed by atoms with Crippen LogP contribution in [0.3, 0.4) is 0 Å². The first-order valence-corrected chi connectivity index (χ1v) is 10.9. The monoisotopic (exact) mass is 444 g/mol. The molecule has 1 aromatic carbocycles. The number of Topliss-reactive ketones (excluding diaryl/α,β-unsaturated/α-hetero) is 1. The second kappa shape index (κ2) is 10.9. The van der Waals surface area contributed by atoms with Gasteiger partial charge in [-0.3, -0.25) is 14.7 Å². The Balaban J connectivity index is 1.55. The summed E-state index contributed by atoms with van der Waals surface area (Å²) in [7, 11) is 0. The minimum atomic E-state index is -0.972. The minimum Gasteiger partial charge on any atom is -0.449 e. The number of benzene rings is 1. The highest BCUT2D eigenvalue weighted by Gasteiger charge is 2.39. The van der Waals surface area contributed by atoms with Crippen molar-refractivity contribution in [3.05, 3.63) is 47.9 Å². The Morgan fingerprint density at radius 1 is 1.22 bits per heavy atom. The minimum absolute atomic E-state index is 0.184. The number of alkyl carbamates (subject to hydrolysis) is 1. The predicted octanol–water partition coefficient (Wildman–Crippen LogP) is 3.75. The Morgan fingerprint density at radius 2 is 1.97 bits per heavy atom. The number of carbonyl (C=O) groups excluding carboxylic acids is 3. The largest absolute Gasteiger partial charge is 0.449 e. The fourth-order valence-electron chi connectivity index (χ4n) is 3.83. The Morgan fingerprint density at radius 3 is 2.56 bits per heavy atom. The smallest absolute Gasteiger partial charge is 0.407 e. The standard InChI is InChI=1S/C23H29FN4O4/c1-2-3-5-18(20(29)21(30)27-19-10-13-25-28-19)26-22(31)32-15-23(11-4-12-23)14-16-6-8-17(24)9-7-16/h6-10,13,18H,2-5,11-12,14-15H2,1H3,(H,26,31)(H2,25,27,28,30)/t18-/m0/s1. The molecule has 2 amide bonds. The van der Waals surface area contributed by atoms with E-state index in [2.05, 4.69) is 20.8 Å². The third-order valence-corrected chi connectivity index (χ3v) is 5.84. The van der Waals surface area contributed by atoms with E-state index in [-0.39, 0.29) is 17.8 Å². The van der Waals surface area contributed by atoms with E-state index in [1.165, 1.54) is 24.4 Å². The van der Waals surface area contributed by atoms with Gasteiger partial charge >= 0.3 is 6.09 Å². The SMILES string of the molecule is CCCC[C@H](NC(=O)OCC1(Cc2ccc(F)cc2)CCC1)C(=O)C(=O)Nc1ccn[nH]1. The molecule has 1 heterocycles. The van der Waals surface area contributed by atoms with Gasteiger partial charge in [0.1, 0.15) is 17.7 Å². The van der Waals surface area contributed by atoms with E-state index in [9.17, 15) is 18.8 Å². The van der Waals surface area contributed by atoms with Crippen LogP contribution in [0.1, 0.15) is 51.0 Å². The maximum Gasteiger partial charge on any atom is 0.407 e. The number of rotatable bonds is 11. The van der Waals surface area contributed by atoms with Crippen LogP contribution in [-0.2, 0) is 20.7 Å². The van der Waals surface area contributed by atoms with Crippen molar-refractivity contribution in [2.45, 2.75) is 57.9 Å². The lowest BCUT2D eigenvalue weighted by atomic mass is 9.66. The van der Waals surface area contributed by atoms with E-state index in [4.69, 9.17) is 4.74 Å². The van der Waals surface area contributed by atoms with Gasteiger partial charge in [0.05, 0.1) is 12.8 Å². The molecule has 32 heavy (non-hydrogen) atoms. The second-order valence-electron chi connectivity index (χ2n) is 8.36. The summed E-state index contributed by atoms with van der Waals surface area (Å²) < 4.78 is 18.6. The number of H-pyrrole nitrogens is 1. The molecule has 0 bridgehead atoms. The summed E-state index contributed by atoms with van der Waals surface area (Å²) in [6.07, 6.45) is 6.08. The molecule has 0 radical (unpaired) electrons. The van der Waals surface area contributed by atoms with Crippen molar-refractivity contribution >= 4 is 23.6 Å². The van der Waals surface area contributed by atoms with Crippen LogP contribution in [0.4, 0.5) is 15.0 Å². The first-order valence-electron chi connectivity index (χ1n) is 10.9. The molecule has 1 saturated carbocycles. The van der Waals surface area contributed by atoms with E-state index in [0.717, 1.165) is 31.2 Å². The second-order valence-corrected chi connectivity index (χ2v) is 8.36. The summed E-state index contributed by atoms with van der Waals surface area (Å²) in [5.74, 6) is -1.56. The summed E-state index contributed by atoms with van der Waals surface area (Å²) in [4.78, 5) is 37.3. The average Bonchev–Trinajstić information content (AvgIpc) is 3.26. The topological polar surface area (TPSA) is 113 Å². The zero-order valence-corrected chi connectivity index (χ0v) is 18.2. The van der Waals surface area contributed by atoms with Crippen LogP contribution in [0.15, 0.2) is 36.5 Å². The van der Waals surface area contributed by atoms with E-state index in [1.54, 1.807) is 12.1 Å². The normalized spacial score (nSPS) is 15.3. The number of carbonyl (C=O) groups is 3. The molecule has 8 nitrogen and oxygen atoms in total. The first kappa shape index (κ1) is 23.4. The molecule has 3 N–H and O–H groups in total. The predicted molar refractivity (Wildman–Crippen MR) is 116 cm³/mol. The van der Waals surface area contributed by atoms with Crippen molar-refractivity contribution in [3.8, 4) is 0 Å². The van der Waals surface area contributed by atoms with Gasteiger partial charge in [0.2, 0.25) is 5.78 Å². The number of nitrogens with zero attached hydrogens (tertiary/aromatic N) is 1. The third-order valence-electron chi connectivity index (χ3n) is 5.84. The molecule has 1 aromatic heterocycles. The Labute approximate surface area is 186 Å². The van der Waals surface area contributed by atoms with Gasteiger partial charge < -0.3 is 15.4 Å². The average molecular weight is 445 g/mol. The number of ether oxygens (including phenoxy) is 1. The van der Waals surface area contributed by atoms with Gasteiger partial charge in [0.15, 0.2) is 0 Å². The van der Waals surface area contributed by atoms with Gasteiger partial charge in [0, 0.05) is 11.5 Å². The van der Waals surface area contributed by atoms with Crippen molar-refractivity contribution in [2.24, 2.45) is 5.41 Å². The van der Waals surface area contributed by atoms with Gasteiger partial charge in [0.25, 0.3) is 5.91 Å². The van der Waals surface area contributed by atoms with Gasteiger partial charge in [-0.05, 0) is 43.4 Å². The van der Waals surface area contributed by atoms with Crippen LogP contribution in [0.25, 0.3) is 0 Å². The zero-order valence-electron chi connectivity index (χ0n) is 18.2. The molecule has 2 aromatic rings. The molecule has 1 aliphatic rings. The molecule has 1 atom stereocenters. The van der Waals surface area contributed by atoms with Crippen LogP contribution >= 0.6 is 0 Å². The fourth-order valence-corrected chi connectivity index (χ4v) is 3.83. The Bertz CT molecular complexity index is 911. The molecule has 172 valence electrons. The van der Waals surface area contributed by atoms with Gasteiger partial charge in [-0.1, -0.05) is 38.3 Å². The number of halogens is 1. The molecule has 0 saturated heterocycles. The van der Waals surface area contributed by atoms with Crippen LogP contribution < -0.4 is 10.6 Å². The van der Waals surface area contributed by atoms with Crippen molar-refractivity contribution < 1.29 is 23.5 Å². The maximum absolute atomic E-state index is 13.2. The molecule has 0 unspecified atom stereocenters. The van der Waals surface area contributed by atoms with Crippen molar-refractivity contribution in [3.63, 3.8) is 0 Å². The quantitative estimate of drug-likeness (QED) is 0.457. The van der Waals surface area contributed by atoms with Crippen molar-refractivity contribution in [1.82, 2.24) is 15.5 Å².